The minimum atomic E-state index is -0.191. The summed E-state index contributed by atoms with van der Waals surface area (Å²) in [7, 11) is 0. The Labute approximate surface area is 158 Å². The van der Waals surface area contributed by atoms with Crippen molar-refractivity contribution in [1.29, 1.82) is 0 Å². The van der Waals surface area contributed by atoms with Gasteiger partial charge >= 0.3 is 0 Å². The summed E-state index contributed by atoms with van der Waals surface area (Å²) < 4.78 is 0. The molecule has 5 heteroatoms. The number of hydrogen-bond acceptors (Lipinski definition) is 3. The first-order chi connectivity index (χ1) is 12.6. The number of halogens is 1. The Morgan fingerprint density at radius 1 is 1.04 bits per heavy atom. The van der Waals surface area contributed by atoms with Gasteiger partial charge in [-0.05, 0) is 47.9 Å². The summed E-state index contributed by atoms with van der Waals surface area (Å²) in [5.74, 6) is -0.191. The van der Waals surface area contributed by atoms with Gasteiger partial charge in [0.2, 0.25) is 0 Å². The quantitative estimate of drug-likeness (QED) is 0.672. The van der Waals surface area contributed by atoms with Crippen molar-refractivity contribution >= 4 is 23.2 Å². The van der Waals surface area contributed by atoms with Gasteiger partial charge in [-0.3, -0.25) is 9.78 Å². The first-order valence-electron chi connectivity index (χ1n) is 8.39. The Morgan fingerprint density at radius 2 is 1.81 bits per heavy atom. The molecular formula is C21H20ClN3O. The molecule has 1 aromatic heterocycles. The predicted octanol–water partition coefficient (Wildman–Crippen LogP) is 4.59. The highest BCUT2D eigenvalue weighted by molar-refractivity contribution is 6.30. The van der Waals surface area contributed by atoms with Gasteiger partial charge in [-0.25, -0.2) is 0 Å². The van der Waals surface area contributed by atoms with E-state index in [1.165, 1.54) is 0 Å². The van der Waals surface area contributed by atoms with E-state index >= 15 is 0 Å². The second-order valence-corrected chi connectivity index (χ2v) is 6.46. The lowest BCUT2D eigenvalue weighted by molar-refractivity contribution is 0.0946. The van der Waals surface area contributed by atoms with Crippen LogP contribution in [0.1, 0.15) is 27.2 Å². The van der Waals surface area contributed by atoms with Crippen LogP contribution in [-0.4, -0.2) is 10.9 Å². The monoisotopic (exact) mass is 365 g/mol. The van der Waals surface area contributed by atoms with Gasteiger partial charge in [0.25, 0.3) is 5.91 Å². The molecule has 0 fully saturated rings. The zero-order valence-electron chi connectivity index (χ0n) is 14.5. The molecule has 4 nitrogen and oxygen atoms in total. The minimum Gasteiger partial charge on any atom is -0.381 e. The first-order valence-corrected chi connectivity index (χ1v) is 8.77. The molecule has 2 N–H and O–H groups in total. The topological polar surface area (TPSA) is 54.0 Å². The van der Waals surface area contributed by atoms with Gasteiger partial charge in [-0.1, -0.05) is 48.0 Å². The third-order valence-electron chi connectivity index (χ3n) is 4.10. The number of nitrogens with one attached hydrogen (secondary N) is 2. The number of anilines is 1. The lowest BCUT2D eigenvalue weighted by atomic mass is 10.1. The molecule has 0 atom stereocenters. The van der Waals surface area contributed by atoms with Crippen LogP contribution < -0.4 is 10.6 Å². The fourth-order valence-electron chi connectivity index (χ4n) is 2.55. The number of nitrogens with zero attached hydrogens (tertiary/aromatic N) is 1. The average Bonchev–Trinajstić information content (AvgIpc) is 2.67. The van der Waals surface area contributed by atoms with E-state index in [1.54, 1.807) is 12.3 Å². The summed E-state index contributed by atoms with van der Waals surface area (Å²) in [6.45, 7) is 3.15. The summed E-state index contributed by atoms with van der Waals surface area (Å²) in [6, 6.07) is 19.2. The van der Waals surface area contributed by atoms with Crippen LogP contribution in [0.5, 0.6) is 0 Å². The molecule has 1 heterocycles. The molecule has 2 aromatic carbocycles. The maximum atomic E-state index is 12.4. The number of pyridine rings is 1. The van der Waals surface area contributed by atoms with E-state index in [0.717, 1.165) is 22.4 Å². The fraction of sp³-hybridized carbons (Fsp3) is 0.143. The van der Waals surface area contributed by atoms with Gasteiger partial charge in [-0.2, -0.15) is 0 Å². The third kappa shape index (κ3) is 4.83. The Morgan fingerprint density at radius 3 is 2.58 bits per heavy atom. The highest BCUT2D eigenvalue weighted by Gasteiger charge is 2.08. The Bertz CT molecular complexity index is 894. The average molecular weight is 366 g/mol. The molecule has 0 aliphatic rings. The fourth-order valence-corrected chi connectivity index (χ4v) is 2.67. The van der Waals surface area contributed by atoms with Crippen molar-refractivity contribution in [2.75, 3.05) is 5.32 Å². The molecule has 0 spiro atoms. The normalized spacial score (nSPS) is 10.4. The van der Waals surface area contributed by atoms with Crippen LogP contribution >= 0.6 is 11.6 Å². The van der Waals surface area contributed by atoms with E-state index in [2.05, 4.69) is 15.6 Å². The Kier molecular flexibility index (Phi) is 5.87. The van der Waals surface area contributed by atoms with Gasteiger partial charge in [0.15, 0.2) is 0 Å². The van der Waals surface area contributed by atoms with Crippen LogP contribution in [-0.2, 0) is 13.1 Å². The molecule has 3 rings (SSSR count). The molecular weight excluding hydrogens is 346 g/mol. The lowest BCUT2D eigenvalue weighted by Gasteiger charge is -2.10. The maximum Gasteiger partial charge on any atom is 0.270 e. The second-order valence-electron chi connectivity index (χ2n) is 6.02. The summed E-state index contributed by atoms with van der Waals surface area (Å²) in [6.07, 6.45) is 1.63. The van der Waals surface area contributed by atoms with Gasteiger partial charge in [0.05, 0.1) is 0 Å². The molecule has 1 amide bonds. The third-order valence-corrected chi connectivity index (χ3v) is 4.36. The molecule has 0 bridgehead atoms. The van der Waals surface area contributed by atoms with Crippen LogP contribution in [0.3, 0.4) is 0 Å². The standard InChI is InChI=1S/C21H20ClN3O/c1-15-4-2-3-5-17(15)14-25-21(26)20-12-19(10-11-23-20)24-13-16-6-8-18(22)9-7-16/h2-12H,13-14H2,1H3,(H,23,24)(H,25,26). The van der Waals surface area contributed by atoms with Gasteiger partial charge in [-0.15, -0.1) is 0 Å². The van der Waals surface area contributed by atoms with Crippen LogP contribution in [0, 0.1) is 6.92 Å². The van der Waals surface area contributed by atoms with E-state index in [-0.39, 0.29) is 5.91 Å². The molecule has 0 saturated heterocycles. The van der Waals surface area contributed by atoms with Crippen LogP contribution in [0.15, 0.2) is 66.9 Å². The SMILES string of the molecule is Cc1ccccc1CNC(=O)c1cc(NCc2ccc(Cl)cc2)ccn1. The number of benzene rings is 2. The van der Waals surface area contributed by atoms with E-state index in [9.17, 15) is 4.79 Å². The highest BCUT2D eigenvalue weighted by Crippen LogP contribution is 2.13. The Balaban J connectivity index is 1.60. The Hall–Kier alpha value is -2.85. The number of carbonyl (C=O) groups excluding carboxylic acids is 1. The largest absolute Gasteiger partial charge is 0.381 e. The maximum absolute atomic E-state index is 12.4. The number of hydrogen-bond donors (Lipinski definition) is 2. The number of rotatable bonds is 6. The molecule has 0 saturated carbocycles. The second kappa shape index (κ2) is 8.50. The van der Waals surface area contributed by atoms with Gasteiger partial charge in [0, 0.05) is 30.0 Å². The zero-order valence-corrected chi connectivity index (χ0v) is 15.3. The predicted molar refractivity (Wildman–Crippen MR) is 105 cm³/mol. The minimum absolute atomic E-state index is 0.191. The van der Waals surface area contributed by atoms with E-state index in [4.69, 9.17) is 11.6 Å². The van der Waals surface area contributed by atoms with Crippen LogP contribution in [0.2, 0.25) is 5.02 Å². The zero-order chi connectivity index (χ0) is 18.4. The van der Waals surface area contributed by atoms with Crippen LogP contribution in [0.25, 0.3) is 0 Å². The molecule has 26 heavy (non-hydrogen) atoms. The molecule has 0 unspecified atom stereocenters. The molecule has 0 radical (unpaired) electrons. The van der Waals surface area contributed by atoms with Crippen molar-refractivity contribution in [2.24, 2.45) is 0 Å². The van der Waals surface area contributed by atoms with Crippen LogP contribution in [0.4, 0.5) is 5.69 Å². The summed E-state index contributed by atoms with van der Waals surface area (Å²) in [5, 5.41) is 6.93. The van der Waals surface area contributed by atoms with Gasteiger partial charge in [0.1, 0.15) is 5.69 Å². The molecule has 0 aliphatic heterocycles. The summed E-state index contributed by atoms with van der Waals surface area (Å²) in [5.41, 5.74) is 4.59. The van der Waals surface area contributed by atoms with Gasteiger partial charge < -0.3 is 10.6 Å². The van der Waals surface area contributed by atoms with Crippen molar-refractivity contribution in [3.63, 3.8) is 0 Å². The molecule has 0 aliphatic carbocycles. The smallest absolute Gasteiger partial charge is 0.270 e. The van der Waals surface area contributed by atoms with Crippen molar-refractivity contribution in [2.45, 2.75) is 20.0 Å². The lowest BCUT2D eigenvalue weighted by Crippen LogP contribution is -2.24. The highest BCUT2D eigenvalue weighted by atomic mass is 35.5. The first kappa shape index (κ1) is 18.0. The van der Waals surface area contributed by atoms with E-state index in [1.807, 2.05) is 61.5 Å². The van der Waals surface area contributed by atoms with Crippen molar-refractivity contribution in [3.05, 3.63) is 94.3 Å². The number of aryl methyl sites for hydroxylation is 1. The van der Waals surface area contributed by atoms with Crippen molar-refractivity contribution in [1.82, 2.24) is 10.3 Å². The summed E-state index contributed by atoms with van der Waals surface area (Å²) in [4.78, 5) is 16.5. The number of carbonyl (C=O) groups is 1. The van der Waals surface area contributed by atoms with Crippen molar-refractivity contribution < 1.29 is 4.79 Å². The number of amides is 1. The molecule has 3 aromatic rings. The van der Waals surface area contributed by atoms with Crippen molar-refractivity contribution in [3.8, 4) is 0 Å². The number of aromatic nitrogens is 1. The van der Waals surface area contributed by atoms with E-state index < -0.39 is 0 Å². The summed E-state index contributed by atoms with van der Waals surface area (Å²) >= 11 is 5.90. The molecule has 132 valence electrons. The van der Waals surface area contributed by atoms with E-state index in [0.29, 0.717) is 23.8 Å².